The van der Waals surface area contributed by atoms with Crippen molar-refractivity contribution < 1.29 is 14.3 Å². The molecule has 88 valence electrons. The standard InChI is InChI=1S/C12H14ClFO2/c1-3-12(2,11(15)16)7-8-5-4-6-9(13)10(8)14/h4-6H,3,7H2,1-2H3,(H,15,16). The Kier molecular flexibility index (Phi) is 3.92. The summed E-state index contributed by atoms with van der Waals surface area (Å²) in [6.45, 7) is 3.38. The van der Waals surface area contributed by atoms with Crippen LogP contribution in [0, 0.1) is 11.2 Å². The third-order valence-electron chi connectivity index (χ3n) is 2.91. The summed E-state index contributed by atoms with van der Waals surface area (Å²) in [4.78, 5) is 11.1. The van der Waals surface area contributed by atoms with Gasteiger partial charge in [-0.15, -0.1) is 0 Å². The number of carboxylic acid groups (broad SMARTS) is 1. The van der Waals surface area contributed by atoms with E-state index in [9.17, 15) is 9.18 Å². The normalized spacial score (nSPS) is 14.5. The van der Waals surface area contributed by atoms with E-state index in [4.69, 9.17) is 16.7 Å². The van der Waals surface area contributed by atoms with Crippen LogP contribution in [0.4, 0.5) is 4.39 Å². The maximum absolute atomic E-state index is 13.6. The van der Waals surface area contributed by atoms with Crippen molar-refractivity contribution in [1.29, 1.82) is 0 Å². The van der Waals surface area contributed by atoms with Crippen molar-refractivity contribution in [3.8, 4) is 0 Å². The Labute approximate surface area is 99.0 Å². The maximum Gasteiger partial charge on any atom is 0.309 e. The van der Waals surface area contributed by atoms with Crippen LogP contribution >= 0.6 is 11.6 Å². The molecule has 4 heteroatoms. The Morgan fingerprint density at radius 2 is 2.19 bits per heavy atom. The van der Waals surface area contributed by atoms with Crippen LogP contribution in [0.1, 0.15) is 25.8 Å². The van der Waals surface area contributed by atoms with Gasteiger partial charge in [-0.3, -0.25) is 4.79 Å². The molecule has 1 rings (SSSR count). The monoisotopic (exact) mass is 244 g/mol. The predicted molar refractivity (Wildman–Crippen MR) is 61.1 cm³/mol. The highest BCUT2D eigenvalue weighted by Gasteiger charge is 2.32. The zero-order valence-electron chi connectivity index (χ0n) is 9.26. The molecule has 0 radical (unpaired) electrons. The Hall–Kier alpha value is -1.09. The fourth-order valence-corrected chi connectivity index (χ4v) is 1.65. The van der Waals surface area contributed by atoms with Crippen LogP contribution in [0.5, 0.6) is 0 Å². The molecule has 1 aromatic rings. The van der Waals surface area contributed by atoms with Gasteiger partial charge in [0.25, 0.3) is 0 Å². The van der Waals surface area contributed by atoms with Crippen molar-refractivity contribution in [2.24, 2.45) is 5.41 Å². The van der Waals surface area contributed by atoms with E-state index in [1.54, 1.807) is 26.0 Å². The van der Waals surface area contributed by atoms with Crippen molar-refractivity contribution in [3.05, 3.63) is 34.6 Å². The van der Waals surface area contributed by atoms with E-state index in [0.29, 0.717) is 12.0 Å². The number of benzene rings is 1. The van der Waals surface area contributed by atoms with Crippen LogP contribution in [0.25, 0.3) is 0 Å². The summed E-state index contributed by atoms with van der Waals surface area (Å²) in [6.07, 6.45) is 0.583. The van der Waals surface area contributed by atoms with Gasteiger partial charge in [-0.1, -0.05) is 30.7 Å². The molecule has 1 unspecified atom stereocenters. The van der Waals surface area contributed by atoms with Gasteiger partial charge in [0.1, 0.15) is 5.82 Å². The van der Waals surface area contributed by atoms with Gasteiger partial charge in [0.2, 0.25) is 0 Å². The Morgan fingerprint density at radius 3 is 2.69 bits per heavy atom. The molecular weight excluding hydrogens is 231 g/mol. The molecule has 1 aromatic carbocycles. The van der Waals surface area contributed by atoms with Gasteiger partial charge < -0.3 is 5.11 Å². The molecule has 0 fully saturated rings. The van der Waals surface area contributed by atoms with Crippen LogP contribution in [-0.4, -0.2) is 11.1 Å². The van der Waals surface area contributed by atoms with E-state index < -0.39 is 17.2 Å². The maximum atomic E-state index is 13.6. The summed E-state index contributed by atoms with van der Waals surface area (Å²) in [5, 5.41) is 9.13. The minimum Gasteiger partial charge on any atom is -0.481 e. The smallest absolute Gasteiger partial charge is 0.309 e. The molecule has 0 aliphatic heterocycles. The third kappa shape index (κ3) is 2.53. The quantitative estimate of drug-likeness (QED) is 0.880. The first-order valence-corrected chi connectivity index (χ1v) is 5.45. The summed E-state index contributed by atoms with van der Waals surface area (Å²) < 4.78 is 13.6. The Balaban J connectivity index is 3.04. The van der Waals surface area contributed by atoms with Crippen molar-refractivity contribution in [2.45, 2.75) is 26.7 Å². The second-order valence-electron chi connectivity index (χ2n) is 4.11. The second-order valence-corrected chi connectivity index (χ2v) is 4.52. The second kappa shape index (κ2) is 4.83. The van der Waals surface area contributed by atoms with E-state index in [2.05, 4.69) is 0 Å². The van der Waals surface area contributed by atoms with Crippen LogP contribution in [-0.2, 0) is 11.2 Å². The topological polar surface area (TPSA) is 37.3 Å². The summed E-state index contributed by atoms with van der Waals surface area (Å²) in [5.41, 5.74) is -0.606. The van der Waals surface area contributed by atoms with Gasteiger partial charge in [0, 0.05) is 0 Å². The minimum atomic E-state index is -0.953. The Morgan fingerprint density at radius 1 is 1.56 bits per heavy atom. The molecule has 0 spiro atoms. The fourth-order valence-electron chi connectivity index (χ4n) is 1.46. The number of carbonyl (C=O) groups is 1. The zero-order chi connectivity index (χ0) is 12.3. The summed E-state index contributed by atoms with van der Waals surface area (Å²) in [7, 11) is 0. The molecule has 0 amide bonds. The largest absolute Gasteiger partial charge is 0.481 e. The molecule has 0 bridgehead atoms. The van der Waals surface area contributed by atoms with E-state index in [-0.39, 0.29) is 11.4 Å². The number of rotatable bonds is 4. The van der Waals surface area contributed by atoms with E-state index in [1.165, 1.54) is 6.07 Å². The lowest BCUT2D eigenvalue weighted by Crippen LogP contribution is -2.29. The van der Waals surface area contributed by atoms with Crippen molar-refractivity contribution in [2.75, 3.05) is 0 Å². The SMILES string of the molecule is CCC(C)(Cc1cccc(Cl)c1F)C(=O)O. The van der Waals surface area contributed by atoms with Crippen molar-refractivity contribution >= 4 is 17.6 Å². The molecule has 2 nitrogen and oxygen atoms in total. The van der Waals surface area contributed by atoms with Crippen LogP contribution in [0.3, 0.4) is 0 Å². The lowest BCUT2D eigenvalue weighted by atomic mass is 9.81. The van der Waals surface area contributed by atoms with E-state index in [1.807, 2.05) is 0 Å². The Bertz CT molecular complexity index is 406. The summed E-state index contributed by atoms with van der Waals surface area (Å²) in [5.74, 6) is -1.44. The molecule has 0 heterocycles. The number of carboxylic acids is 1. The number of hydrogen-bond donors (Lipinski definition) is 1. The van der Waals surface area contributed by atoms with Gasteiger partial charge in [0.05, 0.1) is 10.4 Å². The average Bonchev–Trinajstić information content (AvgIpc) is 2.24. The number of hydrogen-bond acceptors (Lipinski definition) is 1. The van der Waals surface area contributed by atoms with Gasteiger partial charge in [0.15, 0.2) is 0 Å². The lowest BCUT2D eigenvalue weighted by molar-refractivity contribution is -0.148. The fraction of sp³-hybridized carbons (Fsp3) is 0.417. The summed E-state index contributed by atoms with van der Waals surface area (Å²) >= 11 is 5.64. The van der Waals surface area contributed by atoms with Crippen molar-refractivity contribution in [1.82, 2.24) is 0 Å². The number of aliphatic carboxylic acids is 1. The lowest BCUT2D eigenvalue weighted by Gasteiger charge is -2.23. The number of halogens is 2. The highest BCUT2D eigenvalue weighted by Crippen LogP contribution is 2.29. The molecule has 0 saturated carbocycles. The highest BCUT2D eigenvalue weighted by molar-refractivity contribution is 6.30. The molecule has 1 N–H and O–H groups in total. The van der Waals surface area contributed by atoms with E-state index >= 15 is 0 Å². The summed E-state index contributed by atoms with van der Waals surface area (Å²) in [6, 6.07) is 4.64. The predicted octanol–water partition coefficient (Wildman–Crippen LogP) is 3.52. The zero-order valence-corrected chi connectivity index (χ0v) is 10.0. The first-order chi connectivity index (χ1) is 7.40. The van der Waals surface area contributed by atoms with Crippen LogP contribution in [0.15, 0.2) is 18.2 Å². The average molecular weight is 245 g/mol. The molecule has 0 aliphatic carbocycles. The van der Waals surface area contributed by atoms with Gasteiger partial charge in [-0.2, -0.15) is 0 Å². The van der Waals surface area contributed by atoms with Gasteiger partial charge >= 0.3 is 5.97 Å². The highest BCUT2D eigenvalue weighted by atomic mass is 35.5. The molecule has 0 saturated heterocycles. The first-order valence-electron chi connectivity index (χ1n) is 5.07. The molecule has 0 aliphatic rings. The molecule has 16 heavy (non-hydrogen) atoms. The van der Waals surface area contributed by atoms with Crippen molar-refractivity contribution in [3.63, 3.8) is 0 Å². The van der Waals surface area contributed by atoms with E-state index in [0.717, 1.165) is 0 Å². The third-order valence-corrected chi connectivity index (χ3v) is 3.20. The van der Waals surface area contributed by atoms with Gasteiger partial charge in [-0.05, 0) is 31.4 Å². The van der Waals surface area contributed by atoms with Crippen LogP contribution in [0.2, 0.25) is 5.02 Å². The first kappa shape index (κ1) is 13.0. The molecular formula is C12H14ClFO2. The molecule has 0 aromatic heterocycles. The van der Waals surface area contributed by atoms with Gasteiger partial charge in [-0.25, -0.2) is 4.39 Å². The van der Waals surface area contributed by atoms with Crippen LogP contribution < -0.4 is 0 Å². The molecule has 1 atom stereocenters. The minimum absolute atomic E-state index is 0.0290.